The van der Waals surface area contributed by atoms with Gasteiger partial charge in [0.15, 0.2) is 0 Å². The van der Waals surface area contributed by atoms with Crippen LogP contribution in [0.5, 0.6) is 11.5 Å². The van der Waals surface area contributed by atoms with Crippen molar-refractivity contribution >= 4 is 6.29 Å². The predicted molar refractivity (Wildman–Crippen MR) is 90.9 cm³/mol. The molecule has 0 atom stereocenters. The number of aldehydes is 1. The third-order valence-corrected chi connectivity index (χ3v) is 3.78. The molecular formula is C20H16O3. The number of carbonyl (C=O) groups excluding carboxylic acids is 1. The zero-order valence-electron chi connectivity index (χ0n) is 12.7. The van der Waals surface area contributed by atoms with Crippen molar-refractivity contribution in [1.29, 1.82) is 0 Å². The quantitative estimate of drug-likeness (QED) is 0.719. The van der Waals surface area contributed by atoms with E-state index in [1.165, 1.54) is 6.07 Å². The van der Waals surface area contributed by atoms with Gasteiger partial charge in [0.2, 0.25) is 0 Å². The van der Waals surface area contributed by atoms with E-state index in [0.717, 1.165) is 28.7 Å². The number of carbonyl (C=O) groups is 1. The smallest absolute Gasteiger partial charge is 0.150 e. The van der Waals surface area contributed by atoms with Crippen molar-refractivity contribution in [3.05, 3.63) is 72.3 Å². The maximum absolute atomic E-state index is 10.7. The molecule has 114 valence electrons. The Kier molecular flexibility index (Phi) is 4.11. The number of phenolic OH excluding ortho intramolecular Hbond substituents is 1. The summed E-state index contributed by atoms with van der Waals surface area (Å²) in [6.45, 7) is 0. The highest BCUT2D eigenvalue weighted by Gasteiger charge is 2.06. The average Bonchev–Trinajstić information content (AvgIpc) is 2.62. The van der Waals surface area contributed by atoms with Gasteiger partial charge in [0.05, 0.1) is 7.11 Å². The lowest BCUT2D eigenvalue weighted by Crippen LogP contribution is -1.85. The molecule has 3 heteroatoms. The molecule has 0 amide bonds. The third-order valence-electron chi connectivity index (χ3n) is 3.78. The van der Waals surface area contributed by atoms with Crippen molar-refractivity contribution in [2.45, 2.75) is 0 Å². The van der Waals surface area contributed by atoms with E-state index in [2.05, 4.69) is 0 Å². The molecule has 0 aliphatic rings. The zero-order valence-corrected chi connectivity index (χ0v) is 12.7. The normalized spacial score (nSPS) is 10.3. The van der Waals surface area contributed by atoms with Crippen molar-refractivity contribution in [2.24, 2.45) is 0 Å². The number of aromatic hydroxyl groups is 1. The molecule has 1 N–H and O–H groups in total. The SMILES string of the molecule is COc1ccc(-c2ccc(-c3ccc(C=O)cc3O)cc2)cc1. The number of rotatable bonds is 4. The molecule has 0 unspecified atom stereocenters. The van der Waals surface area contributed by atoms with Crippen LogP contribution in [0.4, 0.5) is 0 Å². The van der Waals surface area contributed by atoms with Crippen LogP contribution in [0.25, 0.3) is 22.3 Å². The van der Waals surface area contributed by atoms with E-state index in [1.807, 2.05) is 48.5 Å². The second kappa shape index (κ2) is 6.36. The lowest BCUT2D eigenvalue weighted by atomic mass is 9.99. The highest BCUT2D eigenvalue weighted by atomic mass is 16.5. The highest BCUT2D eigenvalue weighted by molar-refractivity contribution is 5.80. The molecule has 3 nitrogen and oxygen atoms in total. The van der Waals surface area contributed by atoms with Gasteiger partial charge in [0.1, 0.15) is 17.8 Å². The third kappa shape index (κ3) is 3.09. The van der Waals surface area contributed by atoms with Crippen molar-refractivity contribution in [3.8, 4) is 33.8 Å². The molecule has 3 aromatic rings. The van der Waals surface area contributed by atoms with Crippen molar-refractivity contribution in [1.82, 2.24) is 0 Å². The van der Waals surface area contributed by atoms with Gasteiger partial charge in [-0.3, -0.25) is 4.79 Å². The highest BCUT2D eigenvalue weighted by Crippen LogP contribution is 2.31. The Morgan fingerprint density at radius 2 is 1.39 bits per heavy atom. The Morgan fingerprint density at radius 3 is 1.91 bits per heavy atom. The fourth-order valence-corrected chi connectivity index (χ4v) is 2.49. The summed E-state index contributed by atoms with van der Waals surface area (Å²) in [5.74, 6) is 0.928. The van der Waals surface area contributed by atoms with Crippen LogP contribution >= 0.6 is 0 Å². The average molecular weight is 304 g/mol. The first-order chi connectivity index (χ1) is 11.2. The van der Waals surface area contributed by atoms with E-state index in [9.17, 15) is 9.90 Å². The summed E-state index contributed by atoms with van der Waals surface area (Å²) in [5, 5.41) is 10.0. The topological polar surface area (TPSA) is 46.5 Å². The van der Waals surface area contributed by atoms with Crippen LogP contribution < -0.4 is 4.74 Å². The molecule has 3 aromatic carbocycles. The van der Waals surface area contributed by atoms with Gasteiger partial charge in [-0.25, -0.2) is 0 Å². The van der Waals surface area contributed by atoms with Crippen LogP contribution in [0, 0.1) is 0 Å². The van der Waals surface area contributed by atoms with Gasteiger partial charge < -0.3 is 9.84 Å². The summed E-state index contributed by atoms with van der Waals surface area (Å²) in [5.41, 5.74) is 4.24. The van der Waals surface area contributed by atoms with Crippen LogP contribution in [0.15, 0.2) is 66.7 Å². The van der Waals surface area contributed by atoms with Gasteiger partial charge in [-0.05, 0) is 41.0 Å². The number of benzene rings is 3. The monoisotopic (exact) mass is 304 g/mol. The van der Waals surface area contributed by atoms with E-state index in [0.29, 0.717) is 11.1 Å². The minimum atomic E-state index is 0.104. The van der Waals surface area contributed by atoms with Gasteiger partial charge in [-0.15, -0.1) is 0 Å². The lowest BCUT2D eigenvalue weighted by molar-refractivity contribution is 0.112. The molecule has 23 heavy (non-hydrogen) atoms. The van der Waals surface area contributed by atoms with Crippen LogP contribution in [-0.2, 0) is 0 Å². The van der Waals surface area contributed by atoms with Crippen molar-refractivity contribution < 1.29 is 14.6 Å². The first-order valence-electron chi connectivity index (χ1n) is 7.24. The Bertz CT molecular complexity index is 819. The Hall–Kier alpha value is -3.07. The van der Waals surface area contributed by atoms with Crippen LogP contribution in [0.3, 0.4) is 0 Å². The summed E-state index contributed by atoms with van der Waals surface area (Å²) in [7, 11) is 1.65. The molecule has 0 saturated carbocycles. The molecule has 0 heterocycles. The molecule has 0 spiro atoms. The van der Waals surface area contributed by atoms with Crippen LogP contribution in [0.1, 0.15) is 10.4 Å². The van der Waals surface area contributed by atoms with Gasteiger partial charge >= 0.3 is 0 Å². The van der Waals surface area contributed by atoms with E-state index in [-0.39, 0.29) is 5.75 Å². The maximum atomic E-state index is 10.7. The predicted octanol–water partition coefficient (Wildman–Crippen LogP) is 4.55. The zero-order chi connectivity index (χ0) is 16.2. The number of hydrogen-bond donors (Lipinski definition) is 1. The lowest BCUT2D eigenvalue weighted by Gasteiger charge is -2.08. The van der Waals surface area contributed by atoms with Gasteiger partial charge in [-0.2, -0.15) is 0 Å². The molecule has 0 aliphatic carbocycles. The second-order valence-electron chi connectivity index (χ2n) is 5.20. The van der Waals surface area contributed by atoms with Crippen molar-refractivity contribution in [2.75, 3.05) is 7.11 Å². The van der Waals surface area contributed by atoms with E-state index >= 15 is 0 Å². The molecular weight excluding hydrogens is 288 g/mol. The Balaban J connectivity index is 1.91. The van der Waals surface area contributed by atoms with Crippen LogP contribution in [-0.4, -0.2) is 18.5 Å². The first-order valence-corrected chi connectivity index (χ1v) is 7.24. The first kappa shape index (κ1) is 14.9. The van der Waals surface area contributed by atoms with E-state index in [1.54, 1.807) is 19.2 Å². The molecule has 3 rings (SSSR count). The van der Waals surface area contributed by atoms with Gasteiger partial charge in [-0.1, -0.05) is 42.5 Å². The molecule has 0 fully saturated rings. The summed E-state index contributed by atoms with van der Waals surface area (Å²) >= 11 is 0. The molecule has 0 bridgehead atoms. The summed E-state index contributed by atoms with van der Waals surface area (Å²) < 4.78 is 5.16. The summed E-state index contributed by atoms with van der Waals surface area (Å²) in [6, 6.07) is 20.7. The second-order valence-corrected chi connectivity index (χ2v) is 5.20. The minimum absolute atomic E-state index is 0.104. The Labute approximate surface area is 134 Å². The number of phenols is 1. The summed E-state index contributed by atoms with van der Waals surface area (Å²) in [6.07, 6.45) is 0.719. The fraction of sp³-hybridized carbons (Fsp3) is 0.0500. The molecule has 0 saturated heterocycles. The summed E-state index contributed by atoms with van der Waals surface area (Å²) in [4.78, 5) is 10.7. The standard InChI is InChI=1S/C20H16O3/c1-23-18-9-7-16(8-10-18)15-3-5-17(6-4-15)19-11-2-14(13-21)12-20(19)22/h2-13,22H,1H3. The van der Waals surface area contributed by atoms with E-state index < -0.39 is 0 Å². The minimum Gasteiger partial charge on any atom is -0.507 e. The number of ether oxygens (including phenoxy) is 1. The molecule has 0 aromatic heterocycles. The number of methoxy groups -OCH3 is 1. The van der Waals surface area contributed by atoms with E-state index in [4.69, 9.17) is 4.74 Å². The maximum Gasteiger partial charge on any atom is 0.150 e. The number of hydrogen-bond acceptors (Lipinski definition) is 3. The van der Waals surface area contributed by atoms with Crippen LogP contribution in [0.2, 0.25) is 0 Å². The Morgan fingerprint density at radius 1 is 0.826 bits per heavy atom. The largest absolute Gasteiger partial charge is 0.507 e. The molecule has 0 aliphatic heterocycles. The van der Waals surface area contributed by atoms with Gasteiger partial charge in [0.25, 0.3) is 0 Å². The fourth-order valence-electron chi connectivity index (χ4n) is 2.49. The molecule has 0 radical (unpaired) electrons. The van der Waals surface area contributed by atoms with Crippen molar-refractivity contribution in [3.63, 3.8) is 0 Å². The van der Waals surface area contributed by atoms with Gasteiger partial charge in [0, 0.05) is 11.1 Å².